The van der Waals surface area contributed by atoms with Crippen molar-refractivity contribution in [2.75, 3.05) is 13.1 Å². The van der Waals surface area contributed by atoms with Gasteiger partial charge >= 0.3 is 0 Å². The second-order valence-electron chi connectivity index (χ2n) is 3.58. The molecule has 1 aliphatic heterocycles. The minimum Gasteiger partial charge on any atom is -0.354 e. The van der Waals surface area contributed by atoms with Crippen molar-refractivity contribution in [1.29, 1.82) is 0 Å². The van der Waals surface area contributed by atoms with Crippen LogP contribution in [0.15, 0.2) is 28.7 Å². The van der Waals surface area contributed by atoms with Crippen LogP contribution < -0.4 is 10.6 Å². The number of nitrogens with one attached hydrogen (secondary N) is 2. The van der Waals surface area contributed by atoms with Gasteiger partial charge in [-0.3, -0.25) is 4.79 Å². The highest BCUT2D eigenvalue weighted by Gasteiger charge is 2.17. The van der Waals surface area contributed by atoms with E-state index in [2.05, 4.69) is 32.6 Å². The maximum absolute atomic E-state index is 11.2. The first-order valence-corrected chi connectivity index (χ1v) is 5.81. The van der Waals surface area contributed by atoms with E-state index in [1.165, 1.54) is 5.56 Å². The summed E-state index contributed by atoms with van der Waals surface area (Å²) in [6, 6.07) is 8.28. The molecule has 1 aromatic rings. The second-order valence-corrected chi connectivity index (χ2v) is 4.44. The fraction of sp³-hybridized carbons (Fsp3) is 0.364. The van der Waals surface area contributed by atoms with Crippen molar-refractivity contribution in [3.8, 4) is 0 Å². The molecule has 0 aliphatic carbocycles. The molecular formula is C11H13BrN2O. The number of rotatable bonds is 1. The molecule has 3 nitrogen and oxygen atoms in total. The Kier molecular flexibility index (Phi) is 3.38. The summed E-state index contributed by atoms with van der Waals surface area (Å²) in [5, 5.41) is 6.25. The van der Waals surface area contributed by atoms with E-state index in [0.29, 0.717) is 13.0 Å². The highest BCUT2D eigenvalue weighted by Crippen LogP contribution is 2.23. The number of amides is 1. The molecule has 1 unspecified atom stereocenters. The monoisotopic (exact) mass is 268 g/mol. The van der Waals surface area contributed by atoms with Crippen molar-refractivity contribution in [2.45, 2.75) is 12.5 Å². The zero-order valence-corrected chi connectivity index (χ0v) is 9.88. The molecule has 1 heterocycles. The summed E-state index contributed by atoms with van der Waals surface area (Å²) in [7, 11) is 0. The fourth-order valence-corrected chi connectivity index (χ4v) is 2.28. The van der Waals surface area contributed by atoms with Gasteiger partial charge < -0.3 is 10.6 Å². The van der Waals surface area contributed by atoms with Gasteiger partial charge in [-0.05, 0) is 11.6 Å². The van der Waals surface area contributed by atoms with Gasteiger partial charge in [0.05, 0.1) is 6.04 Å². The predicted molar refractivity (Wildman–Crippen MR) is 62.5 cm³/mol. The molecule has 1 aliphatic rings. The molecule has 80 valence electrons. The molecule has 4 heteroatoms. The standard InChI is InChI=1S/C11H13BrN2O/c12-9-4-2-1-3-8(9)10-7-14-11(15)5-6-13-10/h1-4,10,13H,5-7H2,(H,14,15). The van der Waals surface area contributed by atoms with Crippen molar-refractivity contribution in [3.63, 3.8) is 0 Å². The lowest BCUT2D eigenvalue weighted by atomic mass is 10.1. The molecule has 0 spiro atoms. The summed E-state index contributed by atoms with van der Waals surface area (Å²) in [4.78, 5) is 11.2. The molecule has 1 aromatic carbocycles. The summed E-state index contributed by atoms with van der Waals surface area (Å²) in [5.74, 6) is 0.122. The van der Waals surface area contributed by atoms with Gasteiger partial charge in [-0.2, -0.15) is 0 Å². The van der Waals surface area contributed by atoms with Crippen LogP contribution in [0.1, 0.15) is 18.0 Å². The molecule has 0 aromatic heterocycles. The van der Waals surface area contributed by atoms with Crippen LogP contribution in [-0.2, 0) is 4.79 Å². The first-order valence-electron chi connectivity index (χ1n) is 5.02. The largest absolute Gasteiger partial charge is 0.354 e. The zero-order valence-electron chi connectivity index (χ0n) is 8.29. The van der Waals surface area contributed by atoms with Gasteiger partial charge in [-0.1, -0.05) is 34.1 Å². The molecule has 0 bridgehead atoms. The first-order chi connectivity index (χ1) is 7.27. The minimum atomic E-state index is 0.122. The Bertz CT molecular complexity index is 367. The van der Waals surface area contributed by atoms with Crippen molar-refractivity contribution in [3.05, 3.63) is 34.3 Å². The summed E-state index contributed by atoms with van der Waals surface area (Å²) in [6.45, 7) is 1.39. The van der Waals surface area contributed by atoms with Crippen LogP contribution >= 0.6 is 15.9 Å². The van der Waals surface area contributed by atoms with E-state index < -0.39 is 0 Å². The van der Waals surface area contributed by atoms with E-state index in [9.17, 15) is 4.79 Å². The Morgan fingerprint density at radius 2 is 2.13 bits per heavy atom. The van der Waals surface area contributed by atoms with E-state index >= 15 is 0 Å². The lowest BCUT2D eigenvalue weighted by Gasteiger charge is -2.17. The summed E-state index contributed by atoms with van der Waals surface area (Å²) < 4.78 is 1.08. The average molecular weight is 269 g/mol. The number of carbonyl (C=O) groups is 1. The normalized spacial score (nSPS) is 21.9. The van der Waals surface area contributed by atoms with Crippen LogP contribution in [0, 0.1) is 0 Å². The lowest BCUT2D eigenvalue weighted by Crippen LogP contribution is -2.29. The zero-order chi connectivity index (χ0) is 10.7. The van der Waals surface area contributed by atoms with Crippen LogP contribution in [0.25, 0.3) is 0 Å². The van der Waals surface area contributed by atoms with Crippen molar-refractivity contribution >= 4 is 21.8 Å². The molecule has 2 rings (SSSR count). The molecular weight excluding hydrogens is 256 g/mol. The molecule has 1 amide bonds. The summed E-state index contributed by atoms with van der Waals surface area (Å²) in [6.07, 6.45) is 0.557. The van der Waals surface area contributed by atoms with Gasteiger partial charge in [0.1, 0.15) is 0 Å². The third-order valence-electron chi connectivity index (χ3n) is 2.53. The number of benzene rings is 1. The van der Waals surface area contributed by atoms with Gasteiger partial charge in [0.2, 0.25) is 5.91 Å². The minimum absolute atomic E-state index is 0.122. The average Bonchev–Trinajstić information content (AvgIpc) is 2.44. The van der Waals surface area contributed by atoms with E-state index in [1.54, 1.807) is 0 Å². The molecule has 2 N–H and O–H groups in total. The Labute approximate surface area is 97.4 Å². The van der Waals surface area contributed by atoms with Gasteiger partial charge in [0.15, 0.2) is 0 Å². The maximum atomic E-state index is 11.2. The van der Waals surface area contributed by atoms with E-state index in [-0.39, 0.29) is 11.9 Å². The Balaban J connectivity index is 2.16. The fourth-order valence-electron chi connectivity index (χ4n) is 1.71. The predicted octanol–water partition coefficient (Wildman–Crippen LogP) is 1.60. The van der Waals surface area contributed by atoms with Crippen molar-refractivity contribution in [1.82, 2.24) is 10.6 Å². The van der Waals surface area contributed by atoms with Gasteiger partial charge in [-0.25, -0.2) is 0 Å². The first kappa shape index (κ1) is 10.6. The highest BCUT2D eigenvalue weighted by molar-refractivity contribution is 9.10. The molecule has 1 atom stereocenters. The second kappa shape index (κ2) is 4.77. The SMILES string of the molecule is O=C1CCNC(c2ccccc2Br)CN1. The summed E-state index contributed by atoms with van der Waals surface area (Å²) in [5.41, 5.74) is 1.19. The van der Waals surface area contributed by atoms with Crippen LogP contribution in [0.3, 0.4) is 0 Å². The molecule has 0 saturated carbocycles. The number of hydrogen-bond acceptors (Lipinski definition) is 2. The molecule has 1 fully saturated rings. The number of carbonyl (C=O) groups excluding carboxylic acids is 1. The Hall–Kier alpha value is -0.870. The van der Waals surface area contributed by atoms with Gasteiger partial charge in [0, 0.05) is 24.0 Å². The van der Waals surface area contributed by atoms with Crippen LogP contribution in [-0.4, -0.2) is 19.0 Å². The topological polar surface area (TPSA) is 41.1 Å². The highest BCUT2D eigenvalue weighted by atomic mass is 79.9. The van der Waals surface area contributed by atoms with Crippen molar-refractivity contribution in [2.24, 2.45) is 0 Å². The quantitative estimate of drug-likeness (QED) is 0.813. The van der Waals surface area contributed by atoms with E-state index in [0.717, 1.165) is 11.0 Å². The third-order valence-corrected chi connectivity index (χ3v) is 3.25. The van der Waals surface area contributed by atoms with Gasteiger partial charge in [0.25, 0.3) is 0 Å². The third kappa shape index (κ3) is 2.58. The number of hydrogen-bond donors (Lipinski definition) is 2. The van der Waals surface area contributed by atoms with Gasteiger partial charge in [-0.15, -0.1) is 0 Å². The van der Waals surface area contributed by atoms with E-state index in [4.69, 9.17) is 0 Å². The van der Waals surface area contributed by atoms with Crippen LogP contribution in [0.4, 0.5) is 0 Å². The molecule has 1 saturated heterocycles. The van der Waals surface area contributed by atoms with Crippen molar-refractivity contribution < 1.29 is 4.79 Å². The smallest absolute Gasteiger partial charge is 0.221 e. The van der Waals surface area contributed by atoms with E-state index in [1.807, 2.05) is 18.2 Å². The Morgan fingerprint density at radius 1 is 1.33 bits per heavy atom. The summed E-state index contributed by atoms with van der Waals surface area (Å²) >= 11 is 3.52. The number of halogens is 1. The lowest BCUT2D eigenvalue weighted by molar-refractivity contribution is -0.120. The molecule has 0 radical (unpaired) electrons. The Morgan fingerprint density at radius 3 is 2.93 bits per heavy atom. The maximum Gasteiger partial charge on any atom is 0.221 e. The van der Waals surface area contributed by atoms with Crippen LogP contribution in [0.5, 0.6) is 0 Å². The van der Waals surface area contributed by atoms with Crippen LogP contribution in [0.2, 0.25) is 0 Å². The molecule has 15 heavy (non-hydrogen) atoms.